The van der Waals surface area contributed by atoms with Crippen LogP contribution in [0.5, 0.6) is 5.75 Å². The summed E-state index contributed by atoms with van der Waals surface area (Å²) in [5.74, 6) is 0.562. The lowest BCUT2D eigenvalue weighted by molar-refractivity contribution is -0.167. The Bertz CT molecular complexity index is 1370. The van der Waals surface area contributed by atoms with E-state index < -0.39 is 5.60 Å². The van der Waals surface area contributed by atoms with E-state index in [2.05, 4.69) is 68.6 Å². The van der Waals surface area contributed by atoms with Gasteiger partial charge in [0.05, 0.1) is 13.2 Å². The van der Waals surface area contributed by atoms with Crippen molar-refractivity contribution in [3.63, 3.8) is 0 Å². The molecule has 4 aromatic carbocycles. The van der Waals surface area contributed by atoms with Gasteiger partial charge in [-0.15, -0.1) is 0 Å². The van der Waals surface area contributed by atoms with E-state index in [0.717, 1.165) is 34.5 Å². The van der Waals surface area contributed by atoms with Crippen molar-refractivity contribution < 1.29 is 18.6 Å². The summed E-state index contributed by atoms with van der Waals surface area (Å²) in [4.78, 5) is 0. The van der Waals surface area contributed by atoms with Gasteiger partial charge in [0.2, 0.25) is 0 Å². The van der Waals surface area contributed by atoms with Gasteiger partial charge in [-0.3, -0.25) is 0 Å². The van der Waals surface area contributed by atoms with Crippen LogP contribution >= 0.6 is 0 Å². The van der Waals surface area contributed by atoms with Gasteiger partial charge in [-0.2, -0.15) is 0 Å². The maximum absolute atomic E-state index is 13.3. The minimum atomic E-state index is -0.601. The number of rotatable bonds is 10. The fourth-order valence-electron chi connectivity index (χ4n) is 5.01. The van der Waals surface area contributed by atoms with Gasteiger partial charge in [-0.25, -0.2) is 4.39 Å². The molecule has 0 amide bonds. The molecule has 2 unspecified atom stereocenters. The Labute approximate surface area is 230 Å². The topological polar surface area (TPSA) is 39.7 Å². The molecule has 1 N–H and O–H groups in total. The first-order valence-corrected chi connectivity index (χ1v) is 13.5. The quantitative estimate of drug-likeness (QED) is 0.229. The average Bonchev–Trinajstić information content (AvgIpc) is 2.93. The van der Waals surface area contributed by atoms with Crippen LogP contribution in [0.3, 0.4) is 0 Å². The van der Waals surface area contributed by atoms with Gasteiger partial charge in [0.15, 0.2) is 0 Å². The highest BCUT2D eigenvalue weighted by Crippen LogP contribution is 2.44. The maximum Gasteiger partial charge on any atom is 0.132 e. The fraction of sp³-hybridized carbons (Fsp3) is 0.294. The SMILES string of the molecule is Cc1ccccc1COC1C(OCCc2ccccc2)c2cc(NCc3ccc(F)cc3)ccc2OC1(C)C. The average molecular weight is 526 g/mol. The van der Waals surface area contributed by atoms with Crippen LogP contribution in [0.25, 0.3) is 0 Å². The smallest absolute Gasteiger partial charge is 0.132 e. The summed E-state index contributed by atoms with van der Waals surface area (Å²) >= 11 is 0. The maximum atomic E-state index is 13.3. The summed E-state index contributed by atoms with van der Waals surface area (Å²) < 4.78 is 33.1. The molecular formula is C34H36FNO3. The number of ether oxygens (including phenoxy) is 3. The molecule has 4 nitrogen and oxygen atoms in total. The number of fused-ring (bicyclic) bond motifs is 1. The summed E-state index contributed by atoms with van der Waals surface area (Å²) in [6.07, 6.45) is 0.165. The normalized spacial score (nSPS) is 17.7. The first-order chi connectivity index (χ1) is 18.9. The van der Waals surface area contributed by atoms with Crippen molar-refractivity contribution in [3.8, 4) is 5.75 Å². The van der Waals surface area contributed by atoms with Crippen LogP contribution in [0.2, 0.25) is 0 Å². The van der Waals surface area contributed by atoms with Crippen molar-refractivity contribution in [2.24, 2.45) is 0 Å². The Morgan fingerprint density at radius 2 is 1.59 bits per heavy atom. The molecule has 202 valence electrons. The molecule has 2 atom stereocenters. The van der Waals surface area contributed by atoms with Crippen molar-refractivity contribution in [1.29, 1.82) is 0 Å². The zero-order valence-corrected chi connectivity index (χ0v) is 22.8. The number of hydrogen-bond donors (Lipinski definition) is 1. The zero-order chi connectivity index (χ0) is 27.2. The Hall–Kier alpha value is -3.67. The van der Waals surface area contributed by atoms with E-state index in [1.54, 1.807) is 12.1 Å². The van der Waals surface area contributed by atoms with Crippen LogP contribution in [0.1, 0.15) is 47.8 Å². The van der Waals surface area contributed by atoms with Crippen LogP contribution in [-0.4, -0.2) is 18.3 Å². The Morgan fingerprint density at radius 3 is 2.36 bits per heavy atom. The van der Waals surface area contributed by atoms with Crippen molar-refractivity contribution in [2.45, 2.75) is 58.2 Å². The second kappa shape index (κ2) is 12.0. The molecule has 1 aliphatic rings. The number of hydrogen-bond acceptors (Lipinski definition) is 4. The standard InChI is InChI=1S/C34H36FNO3/c1-24-9-7-8-12-27(24)23-38-33-32(37-20-19-25-10-5-4-6-11-25)30-21-29(17-18-31(30)39-34(33,2)3)36-22-26-13-15-28(35)16-14-26/h4-18,21,32-33,36H,19-20,22-23H2,1-3H3. The van der Waals surface area contributed by atoms with Crippen LogP contribution in [-0.2, 0) is 29.0 Å². The van der Waals surface area contributed by atoms with E-state index in [1.165, 1.54) is 23.3 Å². The van der Waals surface area contributed by atoms with E-state index in [-0.39, 0.29) is 18.0 Å². The fourth-order valence-corrected chi connectivity index (χ4v) is 5.01. The first-order valence-electron chi connectivity index (χ1n) is 13.5. The molecule has 0 saturated heterocycles. The third-order valence-corrected chi connectivity index (χ3v) is 7.27. The number of benzene rings is 4. The highest BCUT2D eigenvalue weighted by Gasteiger charge is 2.45. The zero-order valence-electron chi connectivity index (χ0n) is 22.8. The van der Waals surface area contributed by atoms with Crippen molar-refractivity contribution >= 4 is 5.69 Å². The Balaban J connectivity index is 1.39. The lowest BCUT2D eigenvalue weighted by Gasteiger charge is -2.44. The Morgan fingerprint density at radius 1 is 0.846 bits per heavy atom. The molecule has 0 aliphatic carbocycles. The molecular weight excluding hydrogens is 489 g/mol. The Kier molecular flexibility index (Phi) is 8.30. The summed E-state index contributed by atoms with van der Waals surface area (Å²) in [6.45, 7) is 7.84. The number of nitrogens with one attached hydrogen (secondary N) is 1. The molecule has 1 heterocycles. The molecule has 1 aliphatic heterocycles. The van der Waals surface area contributed by atoms with Gasteiger partial charge >= 0.3 is 0 Å². The van der Waals surface area contributed by atoms with Crippen LogP contribution < -0.4 is 10.1 Å². The van der Waals surface area contributed by atoms with Gasteiger partial charge in [0.25, 0.3) is 0 Å². The van der Waals surface area contributed by atoms with Gasteiger partial charge in [0, 0.05) is 17.8 Å². The second-order valence-corrected chi connectivity index (χ2v) is 10.6. The van der Waals surface area contributed by atoms with E-state index in [4.69, 9.17) is 14.2 Å². The predicted molar refractivity (Wildman–Crippen MR) is 153 cm³/mol. The van der Waals surface area contributed by atoms with Crippen LogP contribution in [0.15, 0.2) is 97.1 Å². The van der Waals surface area contributed by atoms with E-state index in [1.807, 2.05) is 30.3 Å². The van der Waals surface area contributed by atoms with Crippen LogP contribution in [0, 0.1) is 12.7 Å². The first kappa shape index (κ1) is 26.9. The molecule has 5 heteroatoms. The van der Waals surface area contributed by atoms with E-state index in [0.29, 0.717) is 19.8 Å². The molecule has 0 saturated carbocycles. The minimum absolute atomic E-state index is 0.237. The molecule has 0 spiro atoms. The third-order valence-electron chi connectivity index (χ3n) is 7.27. The van der Waals surface area contributed by atoms with Gasteiger partial charge in [-0.05, 0) is 79.8 Å². The molecule has 39 heavy (non-hydrogen) atoms. The summed E-state index contributed by atoms with van der Waals surface area (Å²) in [5, 5.41) is 3.46. The summed E-state index contributed by atoms with van der Waals surface area (Å²) in [7, 11) is 0. The van der Waals surface area contributed by atoms with Crippen molar-refractivity contribution in [1.82, 2.24) is 0 Å². The highest BCUT2D eigenvalue weighted by molar-refractivity contribution is 5.54. The lowest BCUT2D eigenvalue weighted by Crippen LogP contribution is -2.51. The van der Waals surface area contributed by atoms with Crippen LogP contribution in [0.4, 0.5) is 10.1 Å². The van der Waals surface area contributed by atoms with Crippen molar-refractivity contribution in [3.05, 3.63) is 131 Å². The van der Waals surface area contributed by atoms with Gasteiger partial charge in [0.1, 0.15) is 29.4 Å². The molecule has 5 rings (SSSR count). The molecule has 0 fully saturated rings. The van der Waals surface area contributed by atoms with Gasteiger partial charge < -0.3 is 19.5 Å². The van der Waals surface area contributed by atoms with E-state index in [9.17, 15) is 4.39 Å². The third kappa shape index (κ3) is 6.67. The summed E-state index contributed by atoms with van der Waals surface area (Å²) in [6, 6.07) is 31.3. The monoisotopic (exact) mass is 525 g/mol. The molecule has 4 aromatic rings. The largest absolute Gasteiger partial charge is 0.485 e. The molecule has 0 bridgehead atoms. The lowest BCUT2D eigenvalue weighted by atomic mass is 9.87. The number of anilines is 1. The molecule has 0 radical (unpaired) electrons. The minimum Gasteiger partial charge on any atom is -0.485 e. The second-order valence-electron chi connectivity index (χ2n) is 10.6. The van der Waals surface area contributed by atoms with Crippen molar-refractivity contribution in [2.75, 3.05) is 11.9 Å². The van der Waals surface area contributed by atoms with Gasteiger partial charge in [-0.1, -0.05) is 66.7 Å². The number of halogens is 1. The summed E-state index contributed by atoms with van der Waals surface area (Å²) in [5.41, 5.74) is 5.88. The van der Waals surface area contributed by atoms with E-state index >= 15 is 0 Å². The predicted octanol–water partition coefficient (Wildman–Crippen LogP) is 7.80. The molecule has 0 aromatic heterocycles. The number of aryl methyl sites for hydroxylation is 1. The highest BCUT2D eigenvalue weighted by atomic mass is 19.1.